The zero-order chi connectivity index (χ0) is 20.6. The molecule has 0 aliphatic carbocycles. The van der Waals surface area contributed by atoms with E-state index in [0.717, 1.165) is 25.3 Å². The quantitative estimate of drug-likeness (QED) is 0.339. The van der Waals surface area contributed by atoms with Gasteiger partial charge in [-0.25, -0.2) is 14.6 Å². The van der Waals surface area contributed by atoms with E-state index in [1.54, 1.807) is 6.08 Å². The normalized spacial score (nSPS) is 26.9. The first-order chi connectivity index (χ1) is 13.2. The summed E-state index contributed by atoms with van der Waals surface area (Å²) in [5.41, 5.74) is 1.52. The van der Waals surface area contributed by atoms with Gasteiger partial charge in [0.05, 0.1) is 0 Å². The lowest BCUT2D eigenvalue weighted by molar-refractivity contribution is -0.337. The average Bonchev–Trinajstić information content (AvgIpc) is 2.93. The van der Waals surface area contributed by atoms with E-state index in [1.165, 1.54) is 11.1 Å². The predicted octanol–water partition coefficient (Wildman–Crippen LogP) is 5.66. The van der Waals surface area contributed by atoms with E-state index < -0.39 is 17.2 Å². The molecule has 1 aromatic carbocycles. The summed E-state index contributed by atoms with van der Waals surface area (Å²) in [4.78, 5) is 21.8. The molecule has 0 saturated carbocycles. The van der Waals surface area contributed by atoms with Crippen LogP contribution in [0.4, 0.5) is 0 Å². The first-order valence-corrected chi connectivity index (χ1v) is 9.85. The number of carboxylic acids is 1. The summed E-state index contributed by atoms with van der Waals surface area (Å²) >= 11 is 0. The van der Waals surface area contributed by atoms with Crippen LogP contribution in [-0.2, 0) is 21.0 Å². The zero-order valence-electron chi connectivity index (χ0n) is 17.4. The number of benzene rings is 1. The third-order valence-electron chi connectivity index (χ3n) is 4.90. The van der Waals surface area contributed by atoms with Crippen molar-refractivity contribution in [3.8, 4) is 0 Å². The van der Waals surface area contributed by atoms with Crippen LogP contribution in [0.25, 0.3) is 0 Å². The van der Waals surface area contributed by atoms with Gasteiger partial charge < -0.3 is 5.11 Å². The van der Waals surface area contributed by atoms with Crippen molar-refractivity contribution >= 4 is 5.97 Å². The van der Waals surface area contributed by atoms with Gasteiger partial charge in [-0.2, -0.15) is 0 Å². The Labute approximate surface area is 168 Å². The van der Waals surface area contributed by atoms with Crippen LogP contribution in [0.1, 0.15) is 52.5 Å². The van der Waals surface area contributed by atoms with Crippen LogP contribution in [0.3, 0.4) is 0 Å². The fourth-order valence-corrected chi connectivity index (χ4v) is 3.92. The van der Waals surface area contributed by atoms with Crippen molar-refractivity contribution in [2.24, 2.45) is 5.92 Å². The zero-order valence-corrected chi connectivity index (χ0v) is 17.4. The topological polar surface area (TPSA) is 55.8 Å². The Bertz CT molecular complexity index is 734. The SMILES string of the molecule is C/C(=C\C=C\Cc1ccccc1)C[C@@H](C)C[C@@]1(C)C[C@@](C)(/C=C/C(=O)O)OO1. The molecule has 1 aliphatic rings. The van der Waals surface area contributed by atoms with E-state index in [-0.39, 0.29) is 0 Å². The summed E-state index contributed by atoms with van der Waals surface area (Å²) in [7, 11) is 0. The molecule has 0 spiro atoms. The van der Waals surface area contributed by atoms with Crippen LogP contribution in [0.5, 0.6) is 0 Å². The molecule has 1 heterocycles. The molecule has 2 rings (SSSR count). The van der Waals surface area contributed by atoms with Gasteiger partial charge in [0.2, 0.25) is 0 Å². The molecule has 0 aromatic heterocycles. The van der Waals surface area contributed by atoms with Crippen LogP contribution < -0.4 is 0 Å². The lowest BCUT2D eigenvalue weighted by atomic mass is 9.82. The van der Waals surface area contributed by atoms with Crippen LogP contribution >= 0.6 is 0 Å². The first kappa shape index (κ1) is 22.1. The Balaban J connectivity index is 1.82. The largest absolute Gasteiger partial charge is 0.478 e. The van der Waals surface area contributed by atoms with Gasteiger partial charge in [0, 0.05) is 12.5 Å². The molecule has 28 heavy (non-hydrogen) atoms. The third kappa shape index (κ3) is 7.45. The van der Waals surface area contributed by atoms with Crippen molar-refractivity contribution in [2.75, 3.05) is 0 Å². The van der Waals surface area contributed by atoms with E-state index in [0.29, 0.717) is 12.3 Å². The van der Waals surface area contributed by atoms with Crippen molar-refractivity contribution in [3.63, 3.8) is 0 Å². The first-order valence-electron chi connectivity index (χ1n) is 9.85. The maximum atomic E-state index is 10.8. The van der Waals surface area contributed by atoms with Crippen molar-refractivity contribution in [1.29, 1.82) is 0 Å². The minimum absolute atomic E-state index is 0.416. The average molecular weight is 385 g/mol. The Hall–Kier alpha value is -2.17. The standard InChI is InChI=1S/C24H32O4/c1-19(10-8-9-13-21-11-6-5-7-12-21)16-20(2)17-24(4)18-23(3,27-28-24)15-14-22(25)26/h5-12,14-15,20H,13,16-18H2,1-4H3,(H,25,26)/b9-8+,15-14+,19-10+/t20-,23-,24+/m1/s1. The molecule has 1 aromatic rings. The molecule has 3 atom stereocenters. The van der Waals surface area contributed by atoms with Crippen molar-refractivity contribution in [1.82, 2.24) is 0 Å². The number of carbonyl (C=O) groups is 1. The minimum atomic E-state index is -0.979. The molecule has 0 radical (unpaired) electrons. The molecule has 0 amide bonds. The lowest BCUT2D eigenvalue weighted by Gasteiger charge is -2.25. The van der Waals surface area contributed by atoms with Crippen molar-refractivity contribution < 1.29 is 19.7 Å². The number of carboxylic acid groups (broad SMARTS) is 1. The summed E-state index contributed by atoms with van der Waals surface area (Å²) in [5.74, 6) is -0.550. The fraction of sp³-hybridized carbons (Fsp3) is 0.458. The molecule has 0 bridgehead atoms. The number of rotatable bonds is 9. The van der Waals surface area contributed by atoms with Gasteiger partial charge in [-0.15, -0.1) is 0 Å². The predicted molar refractivity (Wildman–Crippen MR) is 112 cm³/mol. The summed E-state index contributed by atoms with van der Waals surface area (Å²) < 4.78 is 0. The van der Waals surface area contributed by atoms with Gasteiger partial charge in [0.1, 0.15) is 11.2 Å². The Kier molecular flexibility index (Phi) is 7.78. The maximum absolute atomic E-state index is 10.8. The summed E-state index contributed by atoms with van der Waals surface area (Å²) in [6.45, 7) is 8.24. The fourth-order valence-electron chi connectivity index (χ4n) is 3.92. The molecule has 4 nitrogen and oxygen atoms in total. The van der Waals surface area contributed by atoms with Gasteiger partial charge in [-0.1, -0.05) is 61.1 Å². The van der Waals surface area contributed by atoms with E-state index in [1.807, 2.05) is 19.9 Å². The van der Waals surface area contributed by atoms with E-state index in [9.17, 15) is 4.79 Å². The molecule has 1 N–H and O–H groups in total. The molecule has 4 heteroatoms. The summed E-state index contributed by atoms with van der Waals surface area (Å²) in [5, 5.41) is 8.82. The number of aliphatic carboxylic acids is 1. The second-order valence-electron chi connectivity index (χ2n) is 8.42. The van der Waals surface area contributed by atoms with E-state index in [4.69, 9.17) is 14.9 Å². The van der Waals surface area contributed by atoms with Crippen molar-refractivity contribution in [2.45, 2.75) is 64.6 Å². The van der Waals surface area contributed by atoms with Crippen LogP contribution in [0.15, 0.2) is 66.3 Å². The maximum Gasteiger partial charge on any atom is 0.328 e. The highest BCUT2D eigenvalue weighted by Crippen LogP contribution is 2.41. The highest BCUT2D eigenvalue weighted by molar-refractivity contribution is 5.79. The third-order valence-corrected chi connectivity index (χ3v) is 4.90. The number of hydrogen-bond donors (Lipinski definition) is 1. The number of hydrogen-bond acceptors (Lipinski definition) is 3. The Morgan fingerprint density at radius 1 is 1.25 bits per heavy atom. The van der Waals surface area contributed by atoms with Gasteiger partial charge in [-0.05, 0) is 57.6 Å². The van der Waals surface area contributed by atoms with E-state index >= 15 is 0 Å². The van der Waals surface area contributed by atoms with Gasteiger partial charge in [-0.3, -0.25) is 0 Å². The molecule has 152 valence electrons. The Morgan fingerprint density at radius 3 is 2.64 bits per heavy atom. The minimum Gasteiger partial charge on any atom is -0.478 e. The molecule has 1 aliphatic heterocycles. The monoisotopic (exact) mass is 384 g/mol. The lowest BCUT2D eigenvalue weighted by Crippen LogP contribution is -2.29. The van der Waals surface area contributed by atoms with Crippen LogP contribution in [0.2, 0.25) is 0 Å². The molecule has 1 saturated heterocycles. The van der Waals surface area contributed by atoms with Gasteiger partial charge in [0.25, 0.3) is 0 Å². The number of allylic oxidation sites excluding steroid dienone is 4. The smallest absolute Gasteiger partial charge is 0.328 e. The summed E-state index contributed by atoms with van der Waals surface area (Å²) in [6.07, 6.45) is 12.6. The second-order valence-corrected chi connectivity index (χ2v) is 8.42. The summed E-state index contributed by atoms with van der Waals surface area (Å²) in [6, 6.07) is 10.4. The highest BCUT2D eigenvalue weighted by atomic mass is 17.2. The van der Waals surface area contributed by atoms with Gasteiger partial charge >= 0.3 is 5.97 Å². The van der Waals surface area contributed by atoms with Gasteiger partial charge in [0.15, 0.2) is 0 Å². The highest BCUT2D eigenvalue weighted by Gasteiger charge is 2.45. The molecular formula is C24H32O4. The Morgan fingerprint density at radius 2 is 1.96 bits per heavy atom. The van der Waals surface area contributed by atoms with Crippen LogP contribution in [0, 0.1) is 5.92 Å². The molecule has 1 fully saturated rings. The second kappa shape index (κ2) is 9.85. The van der Waals surface area contributed by atoms with Crippen LogP contribution in [-0.4, -0.2) is 22.3 Å². The molecular weight excluding hydrogens is 352 g/mol. The molecule has 0 unspecified atom stereocenters. The van der Waals surface area contributed by atoms with Crippen molar-refractivity contribution in [3.05, 3.63) is 71.8 Å². The van der Waals surface area contributed by atoms with E-state index in [2.05, 4.69) is 56.3 Å².